The van der Waals surface area contributed by atoms with Crippen molar-refractivity contribution >= 4 is 27.8 Å². The van der Waals surface area contributed by atoms with Gasteiger partial charge in [-0.3, -0.25) is 0 Å². The zero-order valence-electron chi connectivity index (χ0n) is 34.0. The van der Waals surface area contributed by atoms with Crippen molar-refractivity contribution in [3.63, 3.8) is 0 Å². The van der Waals surface area contributed by atoms with Crippen LogP contribution in [0.4, 0.5) is 17.1 Å². The van der Waals surface area contributed by atoms with Crippen molar-refractivity contribution < 1.29 is 0 Å². The second-order valence-corrected chi connectivity index (χ2v) is 17.3. The molecule has 0 spiro atoms. The third kappa shape index (κ3) is 5.53. The van der Waals surface area contributed by atoms with Gasteiger partial charge in [-0.1, -0.05) is 185 Å². The van der Waals surface area contributed by atoms with Crippen molar-refractivity contribution in [3.05, 3.63) is 222 Å². The predicted molar refractivity (Wildman–Crippen MR) is 250 cm³/mol. The minimum absolute atomic E-state index is 0.0467. The van der Waals surface area contributed by atoms with E-state index in [0.717, 1.165) is 17.1 Å². The van der Waals surface area contributed by atoms with E-state index in [9.17, 15) is 0 Å². The standard InChI is InChI=1S/C58H45N/c1-57(2)52-21-10-7-16-46(52)48-35-30-43(37-54(48)57)40-28-33-45(34-29-40)59(44-31-26-39(27-32-44)42-25-24-38-14-5-6-15-41(38)36-42)55-23-12-9-18-49(55)51-20-13-19-50-47-17-8-11-22-53(47)58(3,4)56(50)51/h5-37H,1-4H3. The second-order valence-electron chi connectivity index (χ2n) is 17.3. The normalized spacial score (nSPS) is 14.0. The number of nitrogens with zero attached hydrogens (tertiary/aromatic N) is 1. The van der Waals surface area contributed by atoms with Crippen LogP contribution in [0.3, 0.4) is 0 Å². The van der Waals surface area contributed by atoms with E-state index in [0.29, 0.717) is 0 Å². The van der Waals surface area contributed by atoms with Crippen LogP contribution in [0.2, 0.25) is 0 Å². The Morgan fingerprint density at radius 1 is 0.305 bits per heavy atom. The minimum Gasteiger partial charge on any atom is -0.310 e. The van der Waals surface area contributed by atoms with E-state index < -0.39 is 0 Å². The third-order valence-corrected chi connectivity index (χ3v) is 13.3. The molecule has 0 saturated carbocycles. The highest BCUT2D eigenvalue weighted by Crippen LogP contribution is 2.54. The maximum atomic E-state index is 2.44. The second kappa shape index (κ2) is 13.3. The van der Waals surface area contributed by atoms with E-state index in [1.54, 1.807) is 0 Å². The minimum atomic E-state index is -0.143. The summed E-state index contributed by atoms with van der Waals surface area (Å²) in [5.74, 6) is 0. The van der Waals surface area contributed by atoms with Gasteiger partial charge in [0, 0.05) is 27.8 Å². The molecule has 0 atom stereocenters. The van der Waals surface area contributed by atoms with Gasteiger partial charge in [0.15, 0.2) is 0 Å². The zero-order valence-corrected chi connectivity index (χ0v) is 34.0. The molecule has 2 aliphatic carbocycles. The number of anilines is 3. The lowest BCUT2D eigenvalue weighted by Gasteiger charge is -2.30. The lowest BCUT2D eigenvalue weighted by molar-refractivity contribution is 0.660. The van der Waals surface area contributed by atoms with Crippen LogP contribution in [-0.4, -0.2) is 0 Å². The number of para-hydroxylation sites is 1. The van der Waals surface area contributed by atoms with E-state index >= 15 is 0 Å². The Hall–Kier alpha value is -6.96. The highest BCUT2D eigenvalue weighted by atomic mass is 15.1. The SMILES string of the molecule is CC1(C)c2ccccc2-c2ccc(-c3ccc(N(c4ccc(-c5ccc6ccccc6c5)cc4)c4ccccc4-c4cccc5c4C(C)(C)c4ccccc4-5)cc3)cc21. The van der Waals surface area contributed by atoms with Crippen molar-refractivity contribution in [3.8, 4) is 55.6 Å². The molecule has 0 bridgehead atoms. The maximum Gasteiger partial charge on any atom is 0.0540 e. The number of hydrogen-bond acceptors (Lipinski definition) is 1. The fourth-order valence-electron chi connectivity index (χ4n) is 10.3. The predicted octanol–water partition coefficient (Wildman–Crippen LogP) is 15.9. The maximum absolute atomic E-state index is 2.44. The molecule has 0 aromatic heterocycles. The van der Waals surface area contributed by atoms with Crippen molar-refractivity contribution in [2.45, 2.75) is 38.5 Å². The van der Waals surface area contributed by atoms with Crippen molar-refractivity contribution in [1.29, 1.82) is 0 Å². The fraction of sp³-hybridized carbons (Fsp3) is 0.103. The number of benzene rings is 9. The van der Waals surface area contributed by atoms with E-state index in [1.807, 2.05) is 0 Å². The van der Waals surface area contributed by atoms with Gasteiger partial charge in [-0.05, 0) is 126 Å². The summed E-state index contributed by atoms with van der Waals surface area (Å²) in [6.45, 7) is 9.47. The molecule has 11 rings (SSSR count). The monoisotopic (exact) mass is 755 g/mol. The van der Waals surface area contributed by atoms with Crippen LogP contribution in [0, 0.1) is 0 Å². The molecule has 0 radical (unpaired) electrons. The molecule has 0 saturated heterocycles. The first-order chi connectivity index (χ1) is 28.8. The van der Waals surface area contributed by atoms with Crippen LogP contribution in [0.5, 0.6) is 0 Å². The first-order valence-electron chi connectivity index (χ1n) is 20.8. The molecular weight excluding hydrogens is 711 g/mol. The Balaban J connectivity index is 1.04. The molecule has 1 nitrogen and oxygen atoms in total. The summed E-state index contributed by atoms with van der Waals surface area (Å²) in [6.07, 6.45) is 0. The molecule has 0 heterocycles. The Bertz CT molecular complexity index is 3090. The van der Waals surface area contributed by atoms with Gasteiger partial charge in [-0.25, -0.2) is 0 Å². The summed E-state index contributed by atoms with van der Waals surface area (Å²) in [6, 6.07) is 74.3. The Kier molecular flexibility index (Phi) is 7.94. The molecule has 9 aromatic rings. The number of fused-ring (bicyclic) bond motifs is 7. The van der Waals surface area contributed by atoms with Gasteiger partial charge in [-0.2, -0.15) is 0 Å². The van der Waals surface area contributed by atoms with E-state index in [2.05, 4.69) is 233 Å². The highest BCUT2D eigenvalue weighted by molar-refractivity contribution is 5.95. The van der Waals surface area contributed by atoms with Crippen molar-refractivity contribution in [2.75, 3.05) is 4.90 Å². The summed E-state index contributed by atoms with van der Waals surface area (Å²) in [5, 5.41) is 2.51. The molecule has 2 aliphatic rings. The Morgan fingerprint density at radius 3 is 1.44 bits per heavy atom. The molecule has 9 aromatic carbocycles. The van der Waals surface area contributed by atoms with Gasteiger partial charge in [0.2, 0.25) is 0 Å². The largest absolute Gasteiger partial charge is 0.310 e. The average Bonchev–Trinajstić information content (AvgIpc) is 3.66. The molecule has 0 amide bonds. The molecule has 0 unspecified atom stereocenters. The average molecular weight is 756 g/mol. The van der Waals surface area contributed by atoms with Crippen LogP contribution in [0.25, 0.3) is 66.4 Å². The molecule has 59 heavy (non-hydrogen) atoms. The zero-order chi connectivity index (χ0) is 39.9. The lowest BCUT2D eigenvalue weighted by atomic mass is 9.78. The quantitative estimate of drug-likeness (QED) is 0.163. The Morgan fingerprint density at radius 2 is 0.763 bits per heavy atom. The molecule has 282 valence electrons. The van der Waals surface area contributed by atoms with Crippen LogP contribution >= 0.6 is 0 Å². The van der Waals surface area contributed by atoms with Gasteiger partial charge in [0.25, 0.3) is 0 Å². The first-order valence-corrected chi connectivity index (χ1v) is 20.8. The molecule has 0 aliphatic heterocycles. The summed E-state index contributed by atoms with van der Waals surface area (Å²) < 4.78 is 0. The smallest absolute Gasteiger partial charge is 0.0540 e. The molecule has 0 N–H and O–H groups in total. The Labute approximate surface area is 347 Å². The van der Waals surface area contributed by atoms with Gasteiger partial charge >= 0.3 is 0 Å². The summed E-state index contributed by atoms with van der Waals surface area (Å²) in [4.78, 5) is 2.44. The van der Waals surface area contributed by atoms with Crippen LogP contribution in [0.15, 0.2) is 200 Å². The van der Waals surface area contributed by atoms with Crippen LogP contribution in [0.1, 0.15) is 49.9 Å². The van der Waals surface area contributed by atoms with E-state index in [4.69, 9.17) is 0 Å². The summed E-state index contributed by atoms with van der Waals surface area (Å²) in [5.41, 5.74) is 21.5. The van der Waals surface area contributed by atoms with Gasteiger partial charge in [-0.15, -0.1) is 0 Å². The molecular formula is C58H45N. The van der Waals surface area contributed by atoms with Gasteiger partial charge < -0.3 is 4.90 Å². The fourth-order valence-corrected chi connectivity index (χ4v) is 10.3. The van der Waals surface area contributed by atoms with Crippen molar-refractivity contribution in [2.24, 2.45) is 0 Å². The van der Waals surface area contributed by atoms with Crippen LogP contribution < -0.4 is 4.90 Å². The third-order valence-electron chi connectivity index (χ3n) is 13.3. The van der Waals surface area contributed by atoms with Gasteiger partial charge in [0.1, 0.15) is 0 Å². The first kappa shape index (κ1) is 35.2. The van der Waals surface area contributed by atoms with E-state index in [-0.39, 0.29) is 10.8 Å². The number of rotatable bonds is 6. The number of hydrogen-bond donors (Lipinski definition) is 0. The van der Waals surface area contributed by atoms with Crippen molar-refractivity contribution in [1.82, 2.24) is 0 Å². The van der Waals surface area contributed by atoms with Gasteiger partial charge in [0.05, 0.1) is 5.69 Å². The van der Waals surface area contributed by atoms with Crippen LogP contribution in [-0.2, 0) is 10.8 Å². The molecule has 1 heteroatoms. The highest BCUT2D eigenvalue weighted by Gasteiger charge is 2.38. The molecule has 0 fully saturated rings. The lowest BCUT2D eigenvalue weighted by Crippen LogP contribution is -2.17. The topological polar surface area (TPSA) is 3.24 Å². The summed E-state index contributed by atoms with van der Waals surface area (Å²) >= 11 is 0. The van der Waals surface area contributed by atoms with E-state index in [1.165, 1.54) is 88.7 Å². The summed E-state index contributed by atoms with van der Waals surface area (Å²) in [7, 11) is 0.